The number of hydrogen-bond acceptors (Lipinski definition) is 1. The summed E-state index contributed by atoms with van der Waals surface area (Å²) in [4.78, 5) is 10.4. The van der Waals surface area contributed by atoms with E-state index < -0.39 is 5.97 Å². The van der Waals surface area contributed by atoms with Gasteiger partial charge in [-0.3, -0.25) is 0 Å². The number of carboxylic acid groups (broad SMARTS) is 1. The van der Waals surface area contributed by atoms with Crippen LogP contribution in [0.2, 0.25) is 0 Å². The molecule has 0 fully saturated rings. The summed E-state index contributed by atoms with van der Waals surface area (Å²) < 4.78 is 0. The molecule has 21 heavy (non-hydrogen) atoms. The highest BCUT2D eigenvalue weighted by Gasteiger charge is 1.87. The van der Waals surface area contributed by atoms with Crippen molar-refractivity contribution in [2.24, 2.45) is 0 Å². The van der Waals surface area contributed by atoms with Crippen molar-refractivity contribution >= 4 is 5.97 Å². The Morgan fingerprint density at radius 2 is 1.29 bits per heavy atom. The molecule has 0 unspecified atom stereocenters. The highest BCUT2D eigenvalue weighted by molar-refractivity contribution is 5.81. The lowest BCUT2D eigenvalue weighted by Gasteiger charge is -1.89. The van der Waals surface area contributed by atoms with E-state index in [0.717, 1.165) is 5.57 Å². The highest BCUT2D eigenvalue weighted by Crippen LogP contribution is 1.99. The van der Waals surface area contributed by atoms with Gasteiger partial charge >= 0.3 is 5.97 Å². The van der Waals surface area contributed by atoms with Gasteiger partial charge in [-0.1, -0.05) is 71.9 Å². The quantitative estimate of drug-likeness (QED) is 0.518. The van der Waals surface area contributed by atoms with Gasteiger partial charge in [-0.05, 0) is 33.3 Å². The number of allylic oxidation sites excluding steroid dienone is 13. The van der Waals surface area contributed by atoms with Crippen molar-refractivity contribution in [3.63, 3.8) is 0 Å². The fourth-order valence-corrected chi connectivity index (χ4v) is 1.30. The van der Waals surface area contributed by atoms with Crippen LogP contribution in [-0.4, -0.2) is 11.1 Å². The number of hydrogen-bond donors (Lipinski definition) is 1. The van der Waals surface area contributed by atoms with Gasteiger partial charge < -0.3 is 5.11 Å². The van der Waals surface area contributed by atoms with Crippen LogP contribution >= 0.6 is 0 Å². The molecule has 0 aliphatic carbocycles. The van der Waals surface area contributed by atoms with E-state index in [0.29, 0.717) is 5.57 Å². The molecule has 0 aromatic heterocycles. The molecule has 0 saturated carbocycles. The fraction of sp³-hybridized carbons (Fsp3) is 0.211. The van der Waals surface area contributed by atoms with Crippen LogP contribution in [0.15, 0.2) is 83.6 Å². The number of rotatable bonds is 7. The van der Waals surface area contributed by atoms with E-state index in [4.69, 9.17) is 5.11 Å². The fourth-order valence-electron chi connectivity index (χ4n) is 1.30. The second-order valence-electron chi connectivity index (χ2n) is 4.87. The zero-order valence-corrected chi connectivity index (χ0v) is 13.2. The first-order chi connectivity index (χ1) is 9.91. The van der Waals surface area contributed by atoms with Crippen molar-refractivity contribution < 1.29 is 9.90 Å². The van der Waals surface area contributed by atoms with Gasteiger partial charge in [0.2, 0.25) is 0 Å². The third-order valence-corrected chi connectivity index (χ3v) is 2.30. The van der Waals surface area contributed by atoms with Gasteiger partial charge in [0.05, 0.1) is 0 Å². The Bertz CT molecular complexity index is 532. The summed E-state index contributed by atoms with van der Waals surface area (Å²) in [6.45, 7) is 7.86. The molecule has 1 N–H and O–H groups in total. The Balaban J connectivity index is 4.36. The lowest BCUT2D eigenvalue weighted by atomic mass is 10.2. The molecule has 0 heterocycles. The molecule has 0 atom stereocenters. The molecule has 0 aromatic carbocycles. The van der Waals surface area contributed by atoms with Crippen molar-refractivity contribution in [1.82, 2.24) is 0 Å². The Kier molecular flexibility index (Phi) is 10.2. The summed E-state index contributed by atoms with van der Waals surface area (Å²) in [6.07, 6.45) is 20.6. The Morgan fingerprint density at radius 1 is 0.714 bits per heavy atom. The number of aliphatic carboxylic acids is 1. The molecule has 0 saturated heterocycles. The molecule has 0 amide bonds. The molecule has 0 radical (unpaired) electrons. The largest absolute Gasteiger partial charge is 0.478 e. The number of carbonyl (C=O) groups is 1. The third kappa shape index (κ3) is 13.9. The molecule has 112 valence electrons. The monoisotopic (exact) mass is 284 g/mol. The normalized spacial score (nSPS) is 13.9. The van der Waals surface area contributed by atoms with Crippen LogP contribution < -0.4 is 0 Å². The summed E-state index contributed by atoms with van der Waals surface area (Å²) in [6, 6.07) is 0. The summed E-state index contributed by atoms with van der Waals surface area (Å²) >= 11 is 0. The van der Waals surface area contributed by atoms with E-state index >= 15 is 0 Å². The van der Waals surface area contributed by atoms with Gasteiger partial charge in [0.25, 0.3) is 0 Å². The van der Waals surface area contributed by atoms with Crippen LogP contribution in [0.1, 0.15) is 27.7 Å². The van der Waals surface area contributed by atoms with Crippen LogP contribution in [0.4, 0.5) is 0 Å². The maximum Gasteiger partial charge on any atom is 0.328 e. The summed E-state index contributed by atoms with van der Waals surface area (Å²) in [7, 11) is 0. The molecule has 0 rings (SSSR count). The van der Waals surface area contributed by atoms with Crippen molar-refractivity contribution in [2.75, 3.05) is 0 Å². The van der Waals surface area contributed by atoms with Gasteiger partial charge in [-0.25, -0.2) is 4.79 Å². The first-order valence-corrected chi connectivity index (χ1v) is 6.83. The van der Waals surface area contributed by atoms with Crippen LogP contribution in [0.25, 0.3) is 0 Å². The van der Waals surface area contributed by atoms with Crippen LogP contribution in [0.5, 0.6) is 0 Å². The Labute approximate surface area is 127 Å². The summed E-state index contributed by atoms with van der Waals surface area (Å²) in [5.41, 5.74) is 3.07. The van der Waals surface area contributed by atoms with Crippen molar-refractivity contribution in [3.8, 4) is 0 Å². The first-order valence-electron chi connectivity index (χ1n) is 6.83. The van der Waals surface area contributed by atoms with Crippen LogP contribution in [0, 0.1) is 0 Å². The lowest BCUT2D eigenvalue weighted by Crippen LogP contribution is -1.87. The predicted octanol–water partition coefficient (Wildman–Crippen LogP) is 5.15. The molecule has 0 aromatic rings. The van der Waals surface area contributed by atoms with Crippen molar-refractivity contribution in [2.45, 2.75) is 27.7 Å². The smallest absolute Gasteiger partial charge is 0.328 e. The van der Waals surface area contributed by atoms with E-state index in [1.54, 1.807) is 13.0 Å². The minimum Gasteiger partial charge on any atom is -0.478 e. The summed E-state index contributed by atoms with van der Waals surface area (Å²) in [5.74, 6) is -0.927. The highest BCUT2D eigenvalue weighted by atomic mass is 16.4. The Morgan fingerprint density at radius 3 is 1.90 bits per heavy atom. The van der Waals surface area contributed by atoms with Crippen molar-refractivity contribution in [3.05, 3.63) is 83.6 Å². The van der Waals surface area contributed by atoms with Crippen molar-refractivity contribution in [1.29, 1.82) is 0 Å². The third-order valence-electron chi connectivity index (χ3n) is 2.30. The zero-order valence-electron chi connectivity index (χ0n) is 13.2. The SMILES string of the molecule is CC(C)=CC=CC=CC=CC(C)=CC=CC(C)=CC(=O)O. The standard InChI is InChI=1S/C19H24O2/c1-16(2)11-8-6-5-7-9-12-17(3)13-10-14-18(4)15-19(20)21/h5-15H,1-4H3,(H,20,21). The second kappa shape index (κ2) is 11.5. The molecule has 0 aliphatic rings. The van der Waals surface area contributed by atoms with Crippen LogP contribution in [0.3, 0.4) is 0 Å². The summed E-state index contributed by atoms with van der Waals surface area (Å²) in [5, 5.41) is 8.57. The molecule has 2 nitrogen and oxygen atoms in total. The topological polar surface area (TPSA) is 37.3 Å². The van der Waals surface area contributed by atoms with Gasteiger partial charge in [-0.15, -0.1) is 0 Å². The van der Waals surface area contributed by atoms with E-state index in [9.17, 15) is 4.79 Å². The molecule has 0 spiro atoms. The predicted molar refractivity (Wildman–Crippen MR) is 91.1 cm³/mol. The molecular weight excluding hydrogens is 260 g/mol. The van der Waals surface area contributed by atoms with Gasteiger partial charge in [-0.2, -0.15) is 0 Å². The van der Waals surface area contributed by atoms with Gasteiger partial charge in [0.1, 0.15) is 0 Å². The van der Waals surface area contributed by atoms with Crippen LogP contribution in [-0.2, 0) is 4.79 Å². The average Bonchev–Trinajstić information content (AvgIpc) is 2.36. The molecule has 0 aliphatic heterocycles. The lowest BCUT2D eigenvalue weighted by molar-refractivity contribution is -0.131. The van der Waals surface area contributed by atoms with E-state index in [2.05, 4.69) is 19.9 Å². The molecular formula is C19H24O2. The average molecular weight is 284 g/mol. The zero-order chi connectivity index (χ0) is 16.1. The molecule has 0 bridgehead atoms. The number of carboxylic acids is 1. The molecule has 2 heteroatoms. The minimum absolute atomic E-state index is 0.708. The maximum atomic E-state index is 10.4. The minimum atomic E-state index is -0.927. The second-order valence-corrected chi connectivity index (χ2v) is 4.87. The van der Waals surface area contributed by atoms with E-state index in [-0.39, 0.29) is 0 Å². The van der Waals surface area contributed by atoms with E-state index in [1.807, 2.05) is 55.5 Å². The Hall–Kier alpha value is -2.35. The van der Waals surface area contributed by atoms with Gasteiger partial charge in [0.15, 0.2) is 0 Å². The maximum absolute atomic E-state index is 10.4. The first kappa shape index (κ1) is 18.7. The van der Waals surface area contributed by atoms with Gasteiger partial charge in [0, 0.05) is 6.08 Å². The van der Waals surface area contributed by atoms with E-state index in [1.165, 1.54) is 11.6 Å².